The molecule has 0 aliphatic rings. The molecule has 7 heteroatoms. The first-order chi connectivity index (χ1) is 10.8. The molecule has 1 rings (SSSR count). The van der Waals surface area contributed by atoms with Crippen LogP contribution in [0.2, 0.25) is 0 Å². The van der Waals surface area contributed by atoms with Gasteiger partial charge in [-0.1, -0.05) is 18.2 Å². The van der Waals surface area contributed by atoms with Crippen LogP contribution in [-0.2, 0) is 22.2 Å². The first-order valence-corrected chi connectivity index (χ1v) is 7.43. The normalized spacial score (nSPS) is 11.3. The third-order valence-electron chi connectivity index (χ3n) is 3.26. The molecular formula is C16H20F3NO3. The van der Waals surface area contributed by atoms with Crippen LogP contribution in [0, 0.1) is 0 Å². The fourth-order valence-electron chi connectivity index (χ4n) is 2.07. The third-order valence-corrected chi connectivity index (χ3v) is 3.26. The van der Waals surface area contributed by atoms with Crippen molar-refractivity contribution in [1.82, 2.24) is 5.32 Å². The maximum Gasteiger partial charge on any atom is 0.416 e. The smallest absolute Gasteiger partial charge is 0.416 e. The number of hydrogen-bond donors (Lipinski definition) is 2. The summed E-state index contributed by atoms with van der Waals surface area (Å²) in [5, 5.41) is 11.1. The van der Waals surface area contributed by atoms with Gasteiger partial charge in [0.15, 0.2) is 0 Å². The van der Waals surface area contributed by atoms with Crippen LogP contribution in [-0.4, -0.2) is 23.5 Å². The van der Waals surface area contributed by atoms with E-state index in [1.807, 2.05) is 0 Å². The molecule has 128 valence electrons. The summed E-state index contributed by atoms with van der Waals surface area (Å²) in [6, 6.07) is 5.09. The highest BCUT2D eigenvalue weighted by atomic mass is 19.4. The minimum Gasteiger partial charge on any atom is -0.481 e. The van der Waals surface area contributed by atoms with E-state index in [0.29, 0.717) is 37.8 Å². The van der Waals surface area contributed by atoms with Crippen molar-refractivity contribution >= 4 is 11.9 Å². The van der Waals surface area contributed by atoms with Gasteiger partial charge < -0.3 is 10.4 Å². The van der Waals surface area contributed by atoms with Crippen LogP contribution in [0.25, 0.3) is 0 Å². The number of amides is 1. The van der Waals surface area contributed by atoms with Gasteiger partial charge in [0.1, 0.15) is 0 Å². The highest BCUT2D eigenvalue weighted by Gasteiger charge is 2.30. The Morgan fingerprint density at radius 3 is 2.48 bits per heavy atom. The molecule has 23 heavy (non-hydrogen) atoms. The lowest BCUT2D eigenvalue weighted by Gasteiger charge is -2.09. The number of rotatable bonds is 9. The van der Waals surface area contributed by atoms with E-state index in [1.54, 1.807) is 6.07 Å². The number of carbonyl (C=O) groups is 2. The summed E-state index contributed by atoms with van der Waals surface area (Å²) >= 11 is 0. The molecule has 0 aliphatic carbocycles. The number of hydrogen-bond acceptors (Lipinski definition) is 2. The molecule has 0 saturated carbocycles. The van der Waals surface area contributed by atoms with Crippen molar-refractivity contribution in [2.75, 3.05) is 6.54 Å². The second-order valence-corrected chi connectivity index (χ2v) is 5.25. The molecular weight excluding hydrogens is 311 g/mol. The molecule has 1 aromatic carbocycles. The molecule has 0 unspecified atom stereocenters. The maximum absolute atomic E-state index is 12.6. The van der Waals surface area contributed by atoms with E-state index < -0.39 is 17.7 Å². The van der Waals surface area contributed by atoms with E-state index >= 15 is 0 Å². The molecule has 1 amide bonds. The Bertz CT molecular complexity index is 530. The lowest BCUT2D eigenvalue weighted by Crippen LogP contribution is -2.24. The first-order valence-electron chi connectivity index (χ1n) is 7.43. The Hall–Kier alpha value is -2.05. The van der Waals surface area contributed by atoms with E-state index in [1.165, 1.54) is 6.07 Å². The predicted octanol–water partition coefficient (Wildman–Crippen LogP) is 3.40. The first kappa shape index (κ1) is 19.0. The van der Waals surface area contributed by atoms with E-state index in [-0.39, 0.29) is 18.7 Å². The average molecular weight is 331 g/mol. The summed E-state index contributed by atoms with van der Waals surface area (Å²) in [7, 11) is 0. The molecule has 0 radical (unpaired) electrons. The quantitative estimate of drug-likeness (QED) is 0.682. The minimum atomic E-state index is -4.36. The lowest BCUT2D eigenvalue weighted by molar-refractivity contribution is -0.138. The summed E-state index contributed by atoms with van der Waals surface area (Å²) < 4.78 is 37.7. The van der Waals surface area contributed by atoms with Gasteiger partial charge in [-0.15, -0.1) is 0 Å². The zero-order valence-corrected chi connectivity index (χ0v) is 12.7. The maximum atomic E-state index is 12.6. The number of nitrogens with one attached hydrogen (secondary N) is 1. The molecule has 0 fully saturated rings. The monoisotopic (exact) mass is 331 g/mol. The number of carbonyl (C=O) groups excluding carboxylic acids is 1. The second kappa shape index (κ2) is 9.17. The standard InChI is InChI=1S/C16H20F3NO3/c17-16(18,19)13-7-3-5-12(11-13)6-4-8-14(21)20-10-2-1-9-15(22)23/h3,5,7,11H,1-2,4,6,8-10H2,(H,20,21)(H,22,23). The molecule has 0 aromatic heterocycles. The molecule has 0 atom stereocenters. The molecule has 0 heterocycles. The number of carboxylic acids is 1. The second-order valence-electron chi connectivity index (χ2n) is 5.25. The summed E-state index contributed by atoms with van der Waals surface area (Å²) in [6.45, 7) is 0.412. The molecule has 0 bridgehead atoms. The summed E-state index contributed by atoms with van der Waals surface area (Å²) in [4.78, 5) is 21.8. The highest BCUT2D eigenvalue weighted by Crippen LogP contribution is 2.29. The zero-order valence-electron chi connectivity index (χ0n) is 12.7. The SMILES string of the molecule is O=C(O)CCCCNC(=O)CCCc1cccc(C(F)(F)F)c1. The van der Waals surface area contributed by atoms with Gasteiger partial charge in [0.2, 0.25) is 5.91 Å². The van der Waals surface area contributed by atoms with Crippen LogP contribution in [0.5, 0.6) is 0 Å². The van der Waals surface area contributed by atoms with Gasteiger partial charge in [-0.2, -0.15) is 13.2 Å². The lowest BCUT2D eigenvalue weighted by atomic mass is 10.0. The molecule has 2 N–H and O–H groups in total. The number of aryl methyl sites for hydroxylation is 1. The van der Waals surface area contributed by atoms with Crippen molar-refractivity contribution in [3.05, 3.63) is 35.4 Å². The van der Waals surface area contributed by atoms with E-state index in [9.17, 15) is 22.8 Å². The van der Waals surface area contributed by atoms with Crippen molar-refractivity contribution in [3.8, 4) is 0 Å². The number of carboxylic acid groups (broad SMARTS) is 1. The van der Waals surface area contributed by atoms with E-state index in [0.717, 1.165) is 12.1 Å². The van der Waals surface area contributed by atoms with Crippen LogP contribution in [0.15, 0.2) is 24.3 Å². The van der Waals surface area contributed by atoms with Crippen LogP contribution in [0.4, 0.5) is 13.2 Å². The Kier molecular flexibility index (Phi) is 7.57. The number of halogens is 3. The Morgan fingerprint density at radius 2 is 1.83 bits per heavy atom. The van der Waals surface area contributed by atoms with E-state index in [2.05, 4.69) is 5.32 Å². The fraction of sp³-hybridized carbons (Fsp3) is 0.500. The minimum absolute atomic E-state index is 0.0748. The zero-order chi connectivity index (χ0) is 17.3. The predicted molar refractivity (Wildman–Crippen MR) is 78.9 cm³/mol. The number of aliphatic carboxylic acids is 1. The van der Waals surface area contributed by atoms with Gasteiger partial charge in [-0.3, -0.25) is 9.59 Å². The molecule has 0 aliphatic heterocycles. The van der Waals surface area contributed by atoms with Crippen molar-refractivity contribution in [2.45, 2.75) is 44.7 Å². The topological polar surface area (TPSA) is 66.4 Å². The van der Waals surface area contributed by atoms with Gasteiger partial charge in [-0.05, 0) is 37.3 Å². The van der Waals surface area contributed by atoms with Crippen LogP contribution in [0.1, 0.15) is 43.2 Å². The Balaban J connectivity index is 2.23. The number of alkyl halides is 3. The van der Waals surface area contributed by atoms with E-state index in [4.69, 9.17) is 5.11 Å². The largest absolute Gasteiger partial charge is 0.481 e. The van der Waals surface area contributed by atoms with Gasteiger partial charge in [0.25, 0.3) is 0 Å². The summed E-state index contributed by atoms with van der Waals surface area (Å²) in [5.41, 5.74) is -0.132. The van der Waals surface area contributed by atoms with Gasteiger partial charge in [-0.25, -0.2) is 0 Å². The number of benzene rings is 1. The van der Waals surface area contributed by atoms with Crippen LogP contribution < -0.4 is 5.32 Å². The summed E-state index contributed by atoms with van der Waals surface area (Å²) in [6.07, 6.45) is -2.10. The molecule has 0 saturated heterocycles. The molecule has 1 aromatic rings. The molecule has 0 spiro atoms. The Morgan fingerprint density at radius 1 is 1.09 bits per heavy atom. The van der Waals surface area contributed by atoms with Crippen molar-refractivity contribution in [3.63, 3.8) is 0 Å². The van der Waals surface area contributed by atoms with Crippen LogP contribution in [0.3, 0.4) is 0 Å². The fourth-order valence-corrected chi connectivity index (χ4v) is 2.07. The highest BCUT2D eigenvalue weighted by molar-refractivity contribution is 5.75. The number of unbranched alkanes of at least 4 members (excludes halogenated alkanes) is 1. The Labute approximate surface area is 132 Å². The molecule has 4 nitrogen and oxygen atoms in total. The van der Waals surface area contributed by atoms with Crippen LogP contribution >= 0.6 is 0 Å². The van der Waals surface area contributed by atoms with Gasteiger partial charge >= 0.3 is 12.1 Å². The average Bonchev–Trinajstić information content (AvgIpc) is 2.46. The third kappa shape index (κ3) is 8.23. The van der Waals surface area contributed by atoms with Crippen molar-refractivity contribution < 1.29 is 27.9 Å². The van der Waals surface area contributed by atoms with Crippen molar-refractivity contribution in [1.29, 1.82) is 0 Å². The van der Waals surface area contributed by atoms with Gasteiger partial charge in [0, 0.05) is 19.4 Å². The van der Waals surface area contributed by atoms with Crippen molar-refractivity contribution in [2.24, 2.45) is 0 Å². The summed E-state index contributed by atoms with van der Waals surface area (Å²) in [5.74, 6) is -1.04. The van der Waals surface area contributed by atoms with Gasteiger partial charge in [0.05, 0.1) is 5.56 Å².